The van der Waals surface area contributed by atoms with Crippen molar-refractivity contribution in [2.24, 2.45) is 5.92 Å². The molecular formula is C16H22BrN3O. The second kappa shape index (κ2) is 5.97. The molecule has 4 nitrogen and oxygen atoms in total. The summed E-state index contributed by atoms with van der Waals surface area (Å²) in [5.74, 6) is 0.374. The number of piperidine rings is 1. The van der Waals surface area contributed by atoms with Crippen molar-refractivity contribution in [2.45, 2.75) is 31.8 Å². The van der Waals surface area contributed by atoms with E-state index in [1.165, 1.54) is 11.3 Å². The third-order valence-corrected chi connectivity index (χ3v) is 5.30. The number of carbonyl (C=O) groups is 1. The standard InChI is InChI=1S/C16H22BrN3O/c1-10(18-2)12-6-5-11(17)8-14(12)20-7-3-4-13-15(20)9-19-16(13)21/h5-6,8,10,13,15,18H,3-4,7,9H2,1-2H3,(H,19,21). The fraction of sp³-hybridized carbons (Fsp3) is 0.562. The molecule has 114 valence electrons. The molecular weight excluding hydrogens is 330 g/mol. The Bertz CT molecular complexity index is 548. The van der Waals surface area contributed by atoms with E-state index in [1.807, 2.05) is 7.05 Å². The maximum Gasteiger partial charge on any atom is 0.225 e. The molecule has 1 amide bonds. The van der Waals surface area contributed by atoms with Gasteiger partial charge in [0.05, 0.1) is 12.0 Å². The van der Waals surface area contributed by atoms with Gasteiger partial charge >= 0.3 is 0 Å². The molecule has 0 radical (unpaired) electrons. The first-order valence-electron chi connectivity index (χ1n) is 7.63. The molecule has 0 aromatic heterocycles. The Labute approximate surface area is 134 Å². The lowest BCUT2D eigenvalue weighted by Crippen LogP contribution is -2.46. The van der Waals surface area contributed by atoms with Crippen molar-refractivity contribution in [3.63, 3.8) is 0 Å². The maximum absolute atomic E-state index is 12.0. The SMILES string of the molecule is CNC(C)c1ccc(Br)cc1N1CCCC2C(=O)NCC21. The van der Waals surface area contributed by atoms with Crippen LogP contribution in [0.2, 0.25) is 0 Å². The van der Waals surface area contributed by atoms with Gasteiger partial charge in [0.2, 0.25) is 5.91 Å². The average Bonchev–Trinajstić information content (AvgIpc) is 2.88. The van der Waals surface area contributed by atoms with Crippen LogP contribution in [0.15, 0.2) is 22.7 Å². The summed E-state index contributed by atoms with van der Waals surface area (Å²) in [7, 11) is 1.98. The first-order valence-corrected chi connectivity index (χ1v) is 8.42. The minimum Gasteiger partial charge on any atom is -0.366 e. The van der Waals surface area contributed by atoms with E-state index >= 15 is 0 Å². The maximum atomic E-state index is 12.0. The van der Waals surface area contributed by atoms with Gasteiger partial charge in [0.25, 0.3) is 0 Å². The van der Waals surface area contributed by atoms with Gasteiger partial charge in [-0.25, -0.2) is 0 Å². The van der Waals surface area contributed by atoms with Crippen molar-refractivity contribution in [3.8, 4) is 0 Å². The molecule has 2 fully saturated rings. The second-order valence-corrected chi connectivity index (χ2v) is 6.88. The minimum absolute atomic E-state index is 0.149. The van der Waals surface area contributed by atoms with E-state index < -0.39 is 0 Å². The summed E-state index contributed by atoms with van der Waals surface area (Å²) in [5, 5.41) is 6.35. The number of fused-ring (bicyclic) bond motifs is 1. The largest absolute Gasteiger partial charge is 0.366 e. The lowest BCUT2D eigenvalue weighted by Gasteiger charge is -2.39. The summed E-state index contributed by atoms with van der Waals surface area (Å²) < 4.78 is 1.09. The van der Waals surface area contributed by atoms with Gasteiger partial charge in [-0.1, -0.05) is 22.0 Å². The van der Waals surface area contributed by atoms with Crippen LogP contribution >= 0.6 is 15.9 Å². The van der Waals surface area contributed by atoms with Gasteiger partial charge in [-0.3, -0.25) is 4.79 Å². The van der Waals surface area contributed by atoms with Gasteiger partial charge < -0.3 is 15.5 Å². The van der Waals surface area contributed by atoms with Crippen LogP contribution in [0.5, 0.6) is 0 Å². The first kappa shape index (κ1) is 14.9. The zero-order valence-corrected chi connectivity index (χ0v) is 14.1. The van der Waals surface area contributed by atoms with Gasteiger partial charge in [-0.2, -0.15) is 0 Å². The van der Waals surface area contributed by atoms with Crippen molar-refractivity contribution < 1.29 is 4.79 Å². The Kier molecular flexibility index (Phi) is 4.22. The highest BCUT2D eigenvalue weighted by Crippen LogP contribution is 2.36. The van der Waals surface area contributed by atoms with Crippen LogP contribution in [0, 0.1) is 5.92 Å². The highest BCUT2D eigenvalue weighted by molar-refractivity contribution is 9.10. The zero-order chi connectivity index (χ0) is 15.0. The summed E-state index contributed by atoms with van der Waals surface area (Å²) >= 11 is 3.59. The lowest BCUT2D eigenvalue weighted by molar-refractivity contribution is -0.122. The molecule has 3 atom stereocenters. The Morgan fingerprint density at radius 3 is 3.05 bits per heavy atom. The molecule has 1 aromatic rings. The summed E-state index contributed by atoms with van der Waals surface area (Å²) in [6, 6.07) is 7.04. The highest BCUT2D eigenvalue weighted by atomic mass is 79.9. The monoisotopic (exact) mass is 351 g/mol. The number of benzene rings is 1. The number of nitrogens with one attached hydrogen (secondary N) is 2. The predicted octanol–water partition coefficient (Wildman–Crippen LogP) is 2.44. The first-order chi connectivity index (χ1) is 10.1. The Hall–Kier alpha value is -1.07. The third-order valence-electron chi connectivity index (χ3n) is 4.80. The van der Waals surface area contributed by atoms with Crippen LogP contribution in [-0.4, -0.2) is 32.1 Å². The van der Waals surface area contributed by atoms with Gasteiger partial charge in [-0.05, 0) is 44.5 Å². The number of hydrogen-bond donors (Lipinski definition) is 2. The van der Waals surface area contributed by atoms with Gasteiger partial charge in [0, 0.05) is 29.3 Å². The molecule has 3 rings (SSSR count). The molecule has 2 heterocycles. The van der Waals surface area contributed by atoms with Crippen molar-refractivity contribution in [3.05, 3.63) is 28.2 Å². The smallest absolute Gasteiger partial charge is 0.225 e. The normalized spacial score (nSPS) is 26.4. The fourth-order valence-corrected chi connectivity index (χ4v) is 3.89. The molecule has 2 aliphatic heterocycles. The lowest BCUT2D eigenvalue weighted by atomic mass is 9.90. The van der Waals surface area contributed by atoms with E-state index in [-0.39, 0.29) is 11.8 Å². The predicted molar refractivity (Wildman–Crippen MR) is 88.5 cm³/mol. The van der Waals surface area contributed by atoms with E-state index in [0.29, 0.717) is 12.1 Å². The quantitative estimate of drug-likeness (QED) is 0.878. The van der Waals surface area contributed by atoms with E-state index in [4.69, 9.17) is 0 Å². The molecule has 3 unspecified atom stereocenters. The summed E-state index contributed by atoms with van der Waals surface area (Å²) in [4.78, 5) is 14.4. The van der Waals surface area contributed by atoms with Gasteiger partial charge in [0.15, 0.2) is 0 Å². The molecule has 0 aliphatic carbocycles. The van der Waals surface area contributed by atoms with Gasteiger partial charge in [-0.15, -0.1) is 0 Å². The van der Waals surface area contributed by atoms with Crippen LogP contribution in [0.25, 0.3) is 0 Å². The number of amides is 1. The number of halogens is 1. The van der Waals surface area contributed by atoms with Crippen LogP contribution in [0.3, 0.4) is 0 Å². The molecule has 2 N–H and O–H groups in total. The average molecular weight is 352 g/mol. The van der Waals surface area contributed by atoms with Crippen LogP contribution in [0.1, 0.15) is 31.4 Å². The molecule has 0 spiro atoms. The number of anilines is 1. The van der Waals surface area contributed by atoms with Crippen LogP contribution < -0.4 is 15.5 Å². The van der Waals surface area contributed by atoms with Crippen LogP contribution in [0.4, 0.5) is 5.69 Å². The van der Waals surface area contributed by atoms with Crippen molar-refractivity contribution >= 4 is 27.5 Å². The van der Waals surface area contributed by atoms with Crippen molar-refractivity contribution in [1.82, 2.24) is 10.6 Å². The van der Waals surface area contributed by atoms with E-state index in [0.717, 1.165) is 30.4 Å². The van der Waals surface area contributed by atoms with Crippen LogP contribution in [-0.2, 0) is 4.79 Å². The Morgan fingerprint density at radius 2 is 2.29 bits per heavy atom. The summed E-state index contributed by atoms with van der Waals surface area (Å²) in [6.07, 6.45) is 2.09. The second-order valence-electron chi connectivity index (χ2n) is 5.97. The van der Waals surface area contributed by atoms with E-state index in [2.05, 4.69) is 56.6 Å². The molecule has 2 aliphatic rings. The Balaban J connectivity index is 1.98. The topological polar surface area (TPSA) is 44.4 Å². The minimum atomic E-state index is 0.149. The molecule has 0 saturated carbocycles. The highest BCUT2D eigenvalue weighted by Gasteiger charge is 2.41. The summed E-state index contributed by atoms with van der Waals surface area (Å²) in [5.41, 5.74) is 2.54. The summed E-state index contributed by atoms with van der Waals surface area (Å²) in [6.45, 7) is 3.96. The molecule has 0 bridgehead atoms. The number of hydrogen-bond acceptors (Lipinski definition) is 3. The van der Waals surface area contributed by atoms with E-state index in [1.54, 1.807) is 0 Å². The molecule has 5 heteroatoms. The number of carbonyl (C=O) groups excluding carboxylic acids is 1. The molecule has 21 heavy (non-hydrogen) atoms. The molecule has 1 aromatic carbocycles. The van der Waals surface area contributed by atoms with Crippen molar-refractivity contribution in [2.75, 3.05) is 25.0 Å². The third kappa shape index (κ3) is 2.69. The van der Waals surface area contributed by atoms with Crippen molar-refractivity contribution in [1.29, 1.82) is 0 Å². The fourth-order valence-electron chi connectivity index (χ4n) is 3.54. The number of nitrogens with zero attached hydrogens (tertiary/aromatic N) is 1. The van der Waals surface area contributed by atoms with E-state index in [9.17, 15) is 4.79 Å². The van der Waals surface area contributed by atoms with Gasteiger partial charge in [0.1, 0.15) is 0 Å². The Morgan fingerprint density at radius 1 is 1.48 bits per heavy atom. The molecule has 2 saturated heterocycles. The zero-order valence-electron chi connectivity index (χ0n) is 12.5. The number of rotatable bonds is 3.